The summed E-state index contributed by atoms with van der Waals surface area (Å²) in [6, 6.07) is 12.8. The molecule has 116 valence electrons. The van der Waals surface area contributed by atoms with Crippen LogP contribution in [0, 0.1) is 5.82 Å². The van der Waals surface area contributed by atoms with Crippen LogP contribution in [0.15, 0.2) is 53.4 Å². The molecule has 2 aromatic rings. The summed E-state index contributed by atoms with van der Waals surface area (Å²) in [4.78, 5) is 1.74. The molecule has 0 aliphatic carbocycles. The van der Waals surface area contributed by atoms with Crippen molar-refractivity contribution in [2.75, 3.05) is 29.3 Å². The Morgan fingerprint density at radius 1 is 0.955 bits per heavy atom. The quantitative estimate of drug-likeness (QED) is 0.854. The molecule has 1 aliphatic rings. The van der Waals surface area contributed by atoms with Gasteiger partial charge in [0, 0.05) is 20.1 Å². The maximum atomic E-state index is 14.0. The first-order valence-electron chi connectivity index (χ1n) is 7.09. The third-order valence-corrected chi connectivity index (χ3v) is 5.67. The largest absolute Gasteiger partial charge is 0.373 e. The second kappa shape index (κ2) is 5.61. The molecule has 1 heterocycles. The SMILES string of the molecule is CN1CCCN(S(=O)(=O)c2ccccc2F)c2ccccc21. The van der Waals surface area contributed by atoms with E-state index >= 15 is 0 Å². The van der Waals surface area contributed by atoms with Crippen molar-refractivity contribution in [3.63, 3.8) is 0 Å². The fourth-order valence-electron chi connectivity index (χ4n) is 2.71. The molecule has 2 aromatic carbocycles. The van der Waals surface area contributed by atoms with Crippen LogP contribution in [0.1, 0.15) is 6.42 Å². The molecule has 0 aromatic heterocycles. The van der Waals surface area contributed by atoms with Gasteiger partial charge < -0.3 is 4.90 Å². The number of nitrogens with zero attached hydrogens (tertiary/aromatic N) is 2. The van der Waals surface area contributed by atoms with Crippen LogP contribution < -0.4 is 9.21 Å². The van der Waals surface area contributed by atoms with Crippen LogP contribution in [0.4, 0.5) is 15.8 Å². The van der Waals surface area contributed by atoms with E-state index in [0.717, 1.165) is 12.2 Å². The molecule has 3 rings (SSSR count). The summed E-state index contributed by atoms with van der Waals surface area (Å²) >= 11 is 0. The summed E-state index contributed by atoms with van der Waals surface area (Å²) in [7, 11) is -1.99. The van der Waals surface area contributed by atoms with Crippen molar-refractivity contribution in [3.8, 4) is 0 Å². The Hall–Kier alpha value is -2.08. The third kappa shape index (κ3) is 2.43. The normalized spacial score (nSPS) is 15.4. The molecule has 0 atom stereocenters. The van der Waals surface area contributed by atoms with Gasteiger partial charge in [-0.25, -0.2) is 12.8 Å². The monoisotopic (exact) mass is 320 g/mol. The zero-order valence-corrected chi connectivity index (χ0v) is 13.1. The van der Waals surface area contributed by atoms with Gasteiger partial charge in [-0.1, -0.05) is 24.3 Å². The number of anilines is 2. The van der Waals surface area contributed by atoms with Crippen molar-refractivity contribution in [1.82, 2.24) is 0 Å². The lowest BCUT2D eigenvalue weighted by Gasteiger charge is -2.25. The molecular weight excluding hydrogens is 303 g/mol. The predicted octanol–water partition coefficient (Wildman–Crippen LogP) is 2.86. The first-order chi connectivity index (χ1) is 10.5. The van der Waals surface area contributed by atoms with Gasteiger partial charge in [0.2, 0.25) is 0 Å². The van der Waals surface area contributed by atoms with E-state index in [1.807, 2.05) is 24.1 Å². The molecule has 0 radical (unpaired) electrons. The van der Waals surface area contributed by atoms with Crippen molar-refractivity contribution < 1.29 is 12.8 Å². The van der Waals surface area contributed by atoms with E-state index in [2.05, 4.69) is 0 Å². The second-order valence-electron chi connectivity index (χ2n) is 5.27. The lowest BCUT2D eigenvalue weighted by molar-refractivity contribution is 0.563. The standard InChI is InChI=1S/C16H17FN2O2S/c1-18-11-6-12-19(15-9-4-3-8-14(15)18)22(20,21)16-10-5-2-7-13(16)17/h2-5,7-10H,6,11-12H2,1H3. The Bertz CT molecular complexity index is 792. The maximum Gasteiger partial charge on any atom is 0.267 e. The van der Waals surface area contributed by atoms with Crippen LogP contribution in [0.25, 0.3) is 0 Å². The van der Waals surface area contributed by atoms with Crippen LogP contribution in [-0.2, 0) is 10.0 Å². The van der Waals surface area contributed by atoms with Gasteiger partial charge in [0.25, 0.3) is 10.0 Å². The van der Waals surface area contributed by atoms with Gasteiger partial charge in [-0.05, 0) is 30.7 Å². The summed E-state index contributed by atoms with van der Waals surface area (Å²) in [5.74, 6) is -0.724. The van der Waals surface area contributed by atoms with E-state index in [-0.39, 0.29) is 4.90 Å². The summed E-state index contributed by atoms with van der Waals surface area (Å²) in [5.41, 5.74) is 1.42. The van der Waals surface area contributed by atoms with Gasteiger partial charge in [-0.3, -0.25) is 4.31 Å². The molecule has 0 N–H and O–H groups in total. The molecule has 0 spiro atoms. The second-order valence-corrected chi connectivity index (χ2v) is 7.10. The van der Waals surface area contributed by atoms with Crippen LogP contribution in [0.5, 0.6) is 0 Å². The van der Waals surface area contributed by atoms with E-state index in [9.17, 15) is 12.8 Å². The van der Waals surface area contributed by atoms with Crippen molar-refractivity contribution in [3.05, 3.63) is 54.3 Å². The summed E-state index contributed by atoms with van der Waals surface area (Å²) in [5, 5.41) is 0. The van der Waals surface area contributed by atoms with Crippen molar-refractivity contribution in [1.29, 1.82) is 0 Å². The lowest BCUT2D eigenvalue weighted by Crippen LogP contribution is -2.32. The minimum absolute atomic E-state index is 0.283. The molecule has 22 heavy (non-hydrogen) atoms. The van der Waals surface area contributed by atoms with Crippen LogP contribution in [0.2, 0.25) is 0 Å². The number of hydrogen-bond donors (Lipinski definition) is 0. The topological polar surface area (TPSA) is 40.6 Å². The zero-order chi connectivity index (χ0) is 15.7. The van der Waals surface area contributed by atoms with Crippen LogP contribution >= 0.6 is 0 Å². The number of fused-ring (bicyclic) bond motifs is 1. The minimum atomic E-state index is -3.92. The third-order valence-electron chi connectivity index (χ3n) is 3.82. The molecule has 1 aliphatic heterocycles. The summed E-state index contributed by atoms with van der Waals surface area (Å²) < 4.78 is 41.1. The van der Waals surface area contributed by atoms with Gasteiger partial charge in [-0.15, -0.1) is 0 Å². The number of hydrogen-bond acceptors (Lipinski definition) is 3. The number of halogens is 1. The molecule has 0 bridgehead atoms. The molecule has 0 fully saturated rings. The van der Waals surface area contributed by atoms with E-state index in [0.29, 0.717) is 18.7 Å². The lowest BCUT2D eigenvalue weighted by atomic mass is 10.2. The molecule has 6 heteroatoms. The first-order valence-corrected chi connectivity index (χ1v) is 8.53. The Morgan fingerprint density at radius 2 is 1.59 bits per heavy atom. The van der Waals surface area contributed by atoms with Crippen molar-refractivity contribution >= 4 is 21.4 Å². The predicted molar refractivity (Wildman–Crippen MR) is 85.3 cm³/mol. The fraction of sp³-hybridized carbons (Fsp3) is 0.250. The highest BCUT2D eigenvalue weighted by Crippen LogP contribution is 2.35. The Balaban J connectivity index is 2.15. The van der Waals surface area contributed by atoms with Crippen molar-refractivity contribution in [2.24, 2.45) is 0 Å². The molecule has 0 saturated carbocycles. The number of para-hydroxylation sites is 2. The van der Waals surface area contributed by atoms with Gasteiger partial charge in [-0.2, -0.15) is 0 Å². The molecule has 4 nitrogen and oxygen atoms in total. The molecule has 0 unspecified atom stereocenters. The Morgan fingerprint density at radius 3 is 2.32 bits per heavy atom. The van der Waals surface area contributed by atoms with Crippen molar-refractivity contribution in [2.45, 2.75) is 11.3 Å². The fourth-order valence-corrected chi connectivity index (χ4v) is 4.30. The van der Waals surface area contributed by atoms with E-state index in [1.54, 1.807) is 12.1 Å². The van der Waals surface area contributed by atoms with Crippen LogP contribution in [-0.4, -0.2) is 28.6 Å². The number of rotatable bonds is 2. The highest BCUT2D eigenvalue weighted by molar-refractivity contribution is 7.92. The Labute approximate surface area is 129 Å². The van der Waals surface area contributed by atoms with E-state index in [1.165, 1.54) is 28.6 Å². The van der Waals surface area contributed by atoms with Crippen LogP contribution in [0.3, 0.4) is 0 Å². The first kappa shape index (κ1) is 14.8. The average Bonchev–Trinajstić information content (AvgIpc) is 2.68. The molecule has 0 saturated heterocycles. The molecular formula is C16H17FN2O2S. The minimum Gasteiger partial charge on any atom is -0.373 e. The smallest absolute Gasteiger partial charge is 0.267 e. The number of sulfonamides is 1. The van der Waals surface area contributed by atoms with Gasteiger partial charge >= 0.3 is 0 Å². The highest BCUT2D eigenvalue weighted by atomic mass is 32.2. The maximum absolute atomic E-state index is 14.0. The Kier molecular flexibility index (Phi) is 3.78. The number of benzene rings is 2. The highest BCUT2D eigenvalue weighted by Gasteiger charge is 2.31. The molecule has 0 amide bonds. The summed E-state index contributed by atoms with van der Waals surface area (Å²) in [6.45, 7) is 1.08. The van der Waals surface area contributed by atoms with E-state index < -0.39 is 15.8 Å². The van der Waals surface area contributed by atoms with Gasteiger partial charge in [0.1, 0.15) is 10.7 Å². The zero-order valence-electron chi connectivity index (χ0n) is 12.2. The van der Waals surface area contributed by atoms with Gasteiger partial charge in [0.15, 0.2) is 0 Å². The van der Waals surface area contributed by atoms with E-state index in [4.69, 9.17) is 0 Å². The average molecular weight is 320 g/mol. The van der Waals surface area contributed by atoms with Gasteiger partial charge in [0.05, 0.1) is 11.4 Å². The summed E-state index contributed by atoms with van der Waals surface area (Å²) in [6.07, 6.45) is 0.679.